The molecule has 2 N–H and O–H groups in total. The van der Waals surface area contributed by atoms with Crippen molar-refractivity contribution in [2.75, 3.05) is 26.7 Å². The van der Waals surface area contributed by atoms with Crippen molar-refractivity contribution in [1.82, 2.24) is 20.7 Å². The van der Waals surface area contributed by atoms with Gasteiger partial charge < -0.3 is 15.2 Å². The van der Waals surface area contributed by atoms with Crippen molar-refractivity contribution in [2.24, 2.45) is 10.9 Å². The summed E-state index contributed by atoms with van der Waals surface area (Å²) in [6.07, 6.45) is 2.01. The van der Waals surface area contributed by atoms with Gasteiger partial charge in [0.1, 0.15) is 5.76 Å². The minimum absolute atomic E-state index is 0.459. The molecule has 1 fully saturated rings. The lowest BCUT2D eigenvalue weighted by molar-refractivity contribution is 0.265. The normalized spacial score (nSPS) is 22.4. The second-order valence-corrected chi connectivity index (χ2v) is 7.18. The van der Waals surface area contributed by atoms with Gasteiger partial charge in [-0.2, -0.15) is 0 Å². The Bertz CT molecular complexity index is 532. The van der Waals surface area contributed by atoms with Crippen LogP contribution in [0.4, 0.5) is 0 Å². The van der Waals surface area contributed by atoms with E-state index in [9.17, 15) is 0 Å². The summed E-state index contributed by atoms with van der Waals surface area (Å²) < 4.78 is 5.21. The third kappa shape index (κ3) is 4.72. The van der Waals surface area contributed by atoms with E-state index in [1.54, 1.807) is 0 Å². The molecule has 1 aromatic heterocycles. The van der Waals surface area contributed by atoms with Crippen LogP contribution in [0.2, 0.25) is 0 Å². The number of rotatable bonds is 6. The molecule has 1 aromatic rings. The molecule has 24 heavy (non-hydrogen) atoms. The maximum absolute atomic E-state index is 5.21. The highest BCUT2D eigenvalue weighted by Crippen LogP contribution is 2.18. The number of aliphatic imine (C=N–C) groups is 1. The molecule has 0 saturated carbocycles. The van der Waals surface area contributed by atoms with Crippen molar-refractivity contribution in [2.45, 2.75) is 59.5 Å². The maximum atomic E-state index is 5.21. The molecule has 0 radical (unpaired) electrons. The first-order chi connectivity index (χ1) is 11.4. The van der Waals surface area contributed by atoms with Gasteiger partial charge in [-0.1, -0.05) is 12.1 Å². The van der Waals surface area contributed by atoms with Crippen LogP contribution < -0.4 is 10.6 Å². The largest absolute Gasteiger partial charge is 0.361 e. The van der Waals surface area contributed by atoms with Crippen molar-refractivity contribution in [3.8, 4) is 0 Å². The molecule has 2 unspecified atom stereocenters. The molecular formula is C18H33N5O. The molecule has 2 atom stereocenters. The van der Waals surface area contributed by atoms with Crippen molar-refractivity contribution < 1.29 is 4.52 Å². The SMILES string of the molecule is CN=C(NCCCc1c(C)noc1C)NC1CN(C(C)C)CC1C. The molecule has 0 amide bonds. The topological polar surface area (TPSA) is 65.7 Å². The third-order valence-corrected chi connectivity index (χ3v) is 4.99. The quantitative estimate of drug-likeness (QED) is 0.473. The van der Waals surface area contributed by atoms with Crippen molar-refractivity contribution in [3.05, 3.63) is 17.0 Å². The van der Waals surface area contributed by atoms with Crippen LogP contribution in [0.5, 0.6) is 0 Å². The molecule has 1 aliphatic rings. The summed E-state index contributed by atoms with van der Waals surface area (Å²) in [6.45, 7) is 13.9. The first-order valence-corrected chi connectivity index (χ1v) is 9.05. The molecular weight excluding hydrogens is 302 g/mol. The van der Waals surface area contributed by atoms with Gasteiger partial charge in [-0.15, -0.1) is 0 Å². The summed E-state index contributed by atoms with van der Waals surface area (Å²) in [7, 11) is 1.84. The monoisotopic (exact) mass is 335 g/mol. The predicted molar refractivity (Wildman–Crippen MR) is 98.5 cm³/mol. The molecule has 2 heterocycles. The minimum Gasteiger partial charge on any atom is -0.361 e. The third-order valence-electron chi connectivity index (χ3n) is 4.99. The lowest BCUT2D eigenvalue weighted by atomic mass is 10.1. The molecule has 136 valence electrons. The number of hydrogen-bond donors (Lipinski definition) is 2. The standard InChI is InChI=1S/C18H33N5O/c1-12(2)23-10-13(3)17(11-23)21-18(19-6)20-9-7-8-16-14(4)22-24-15(16)5/h12-13,17H,7-11H2,1-6H3,(H2,19,20,21). The Morgan fingerprint density at radius 2 is 2.12 bits per heavy atom. The summed E-state index contributed by atoms with van der Waals surface area (Å²) in [5, 5.41) is 11.0. The summed E-state index contributed by atoms with van der Waals surface area (Å²) >= 11 is 0. The molecule has 0 aromatic carbocycles. The Labute approximate surface area is 146 Å². The smallest absolute Gasteiger partial charge is 0.191 e. The van der Waals surface area contributed by atoms with Gasteiger partial charge in [0.25, 0.3) is 0 Å². The van der Waals surface area contributed by atoms with E-state index in [1.165, 1.54) is 5.56 Å². The molecule has 0 aliphatic carbocycles. The fraction of sp³-hybridized carbons (Fsp3) is 0.778. The van der Waals surface area contributed by atoms with Crippen LogP contribution in [0.15, 0.2) is 9.52 Å². The summed E-state index contributed by atoms with van der Waals surface area (Å²) in [4.78, 5) is 6.89. The molecule has 1 saturated heterocycles. The Balaban J connectivity index is 1.75. The number of aromatic nitrogens is 1. The Morgan fingerprint density at radius 1 is 1.38 bits per heavy atom. The number of nitrogens with zero attached hydrogens (tertiary/aromatic N) is 3. The molecule has 0 bridgehead atoms. The van der Waals surface area contributed by atoms with Crippen LogP contribution >= 0.6 is 0 Å². The zero-order valence-corrected chi connectivity index (χ0v) is 16.0. The van der Waals surface area contributed by atoms with Crippen LogP contribution in [-0.2, 0) is 6.42 Å². The second-order valence-electron chi connectivity index (χ2n) is 7.18. The molecule has 1 aliphatic heterocycles. The van der Waals surface area contributed by atoms with E-state index >= 15 is 0 Å². The van der Waals surface area contributed by atoms with Crippen molar-refractivity contribution in [1.29, 1.82) is 0 Å². The van der Waals surface area contributed by atoms with E-state index < -0.39 is 0 Å². The van der Waals surface area contributed by atoms with Gasteiger partial charge in [0.2, 0.25) is 0 Å². The second kappa shape index (κ2) is 8.51. The maximum Gasteiger partial charge on any atom is 0.191 e. The Hall–Kier alpha value is -1.56. The summed E-state index contributed by atoms with van der Waals surface area (Å²) in [6, 6.07) is 1.06. The minimum atomic E-state index is 0.459. The fourth-order valence-corrected chi connectivity index (χ4v) is 3.31. The average Bonchev–Trinajstić information content (AvgIpc) is 3.06. The lowest BCUT2D eigenvalue weighted by Gasteiger charge is -2.22. The van der Waals surface area contributed by atoms with Crippen molar-refractivity contribution >= 4 is 5.96 Å². The van der Waals surface area contributed by atoms with Gasteiger partial charge >= 0.3 is 0 Å². The zero-order chi connectivity index (χ0) is 17.7. The van der Waals surface area contributed by atoms with Crippen molar-refractivity contribution in [3.63, 3.8) is 0 Å². The Kier molecular flexibility index (Phi) is 6.66. The number of guanidine groups is 1. The predicted octanol–water partition coefficient (Wildman–Crippen LogP) is 2.12. The van der Waals surface area contributed by atoms with Gasteiger partial charge in [0, 0.05) is 44.3 Å². The van der Waals surface area contributed by atoms with E-state index in [-0.39, 0.29) is 0 Å². The van der Waals surface area contributed by atoms with E-state index in [0.29, 0.717) is 18.0 Å². The van der Waals surface area contributed by atoms with Gasteiger partial charge in [-0.05, 0) is 46.5 Å². The highest BCUT2D eigenvalue weighted by Gasteiger charge is 2.31. The van der Waals surface area contributed by atoms with Gasteiger partial charge in [-0.3, -0.25) is 9.89 Å². The van der Waals surface area contributed by atoms with E-state index in [2.05, 4.69) is 46.5 Å². The van der Waals surface area contributed by atoms with Gasteiger partial charge in [-0.25, -0.2) is 0 Å². The zero-order valence-electron chi connectivity index (χ0n) is 16.0. The summed E-state index contributed by atoms with van der Waals surface area (Å²) in [5.41, 5.74) is 2.24. The molecule has 6 heteroatoms. The van der Waals surface area contributed by atoms with Crippen LogP contribution in [-0.4, -0.2) is 54.8 Å². The van der Waals surface area contributed by atoms with Gasteiger partial charge in [0.15, 0.2) is 5.96 Å². The van der Waals surface area contributed by atoms with Crippen LogP contribution in [0.1, 0.15) is 44.2 Å². The first kappa shape index (κ1) is 18.8. The molecule has 2 rings (SSSR count). The van der Waals surface area contributed by atoms with E-state index in [0.717, 1.165) is 49.9 Å². The number of likely N-dealkylation sites (tertiary alicyclic amines) is 1. The average molecular weight is 335 g/mol. The summed E-state index contributed by atoms with van der Waals surface area (Å²) in [5.74, 6) is 2.47. The number of nitrogens with one attached hydrogen (secondary N) is 2. The van der Waals surface area contributed by atoms with Crippen LogP contribution in [0.25, 0.3) is 0 Å². The van der Waals surface area contributed by atoms with Gasteiger partial charge in [0.05, 0.1) is 5.69 Å². The highest BCUT2D eigenvalue weighted by molar-refractivity contribution is 5.80. The molecule has 6 nitrogen and oxygen atoms in total. The highest BCUT2D eigenvalue weighted by atomic mass is 16.5. The number of aryl methyl sites for hydroxylation is 2. The number of hydrogen-bond acceptors (Lipinski definition) is 4. The lowest BCUT2D eigenvalue weighted by Crippen LogP contribution is -2.47. The first-order valence-electron chi connectivity index (χ1n) is 9.05. The van der Waals surface area contributed by atoms with Crippen LogP contribution in [0, 0.1) is 19.8 Å². The Morgan fingerprint density at radius 3 is 2.67 bits per heavy atom. The molecule has 0 spiro atoms. The van der Waals surface area contributed by atoms with E-state index in [1.807, 2.05) is 20.9 Å². The van der Waals surface area contributed by atoms with E-state index in [4.69, 9.17) is 4.52 Å². The van der Waals surface area contributed by atoms with Crippen LogP contribution in [0.3, 0.4) is 0 Å². The fourth-order valence-electron chi connectivity index (χ4n) is 3.31.